The van der Waals surface area contributed by atoms with Crippen molar-refractivity contribution in [3.8, 4) is 0 Å². The van der Waals surface area contributed by atoms with Crippen LogP contribution in [0.15, 0.2) is 22.7 Å². The van der Waals surface area contributed by atoms with Crippen LogP contribution in [-0.4, -0.2) is 23.9 Å². The van der Waals surface area contributed by atoms with Crippen molar-refractivity contribution in [2.24, 2.45) is 11.7 Å². The summed E-state index contributed by atoms with van der Waals surface area (Å²) in [6.45, 7) is 2.61. The number of hydrogen-bond acceptors (Lipinski definition) is 3. The smallest absolute Gasteiger partial charge is 0.220 e. The topological polar surface area (TPSA) is 72.4 Å². The molecule has 0 spiro atoms. The summed E-state index contributed by atoms with van der Waals surface area (Å²) in [6.07, 6.45) is 1.69. The number of rotatable bonds is 3. The Morgan fingerprint density at radius 2 is 2.06 bits per heavy atom. The van der Waals surface area contributed by atoms with Gasteiger partial charge in [0, 0.05) is 28.2 Å². The standard InChI is InChI=1S/C13H18BrN3O/c14-11-2-1-3-12(15)10(11)8-17-6-4-9(5-7-17)13(16)18/h1-3,9H,4-8,15H2,(H2,16,18). The fourth-order valence-corrected chi connectivity index (χ4v) is 2.85. The van der Waals surface area contributed by atoms with Crippen molar-refractivity contribution in [3.63, 3.8) is 0 Å². The van der Waals surface area contributed by atoms with Crippen LogP contribution in [0, 0.1) is 5.92 Å². The maximum absolute atomic E-state index is 11.1. The lowest BCUT2D eigenvalue weighted by molar-refractivity contribution is -0.123. The zero-order chi connectivity index (χ0) is 13.1. The molecule has 4 nitrogen and oxygen atoms in total. The van der Waals surface area contributed by atoms with E-state index in [1.807, 2.05) is 18.2 Å². The van der Waals surface area contributed by atoms with E-state index in [-0.39, 0.29) is 11.8 Å². The van der Waals surface area contributed by atoms with Crippen molar-refractivity contribution in [1.29, 1.82) is 0 Å². The molecule has 0 unspecified atom stereocenters. The minimum atomic E-state index is -0.171. The molecule has 1 aliphatic heterocycles. The summed E-state index contributed by atoms with van der Waals surface area (Å²) in [4.78, 5) is 13.4. The summed E-state index contributed by atoms with van der Waals surface area (Å²) in [5, 5.41) is 0. The molecule has 4 N–H and O–H groups in total. The molecule has 0 bridgehead atoms. The van der Waals surface area contributed by atoms with E-state index in [4.69, 9.17) is 11.5 Å². The lowest BCUT2D eigenvalue weighted by atomic mass is 9.96. The van der Waals surface area contributed by atoms with Gasteiger partial charge in [-0.2, -0.15) is 0 Å². The third-order valence-electron chi connectivity index (χ3n) is 3.53. The predicted molar refractivity (Wildman–Crippen MR) is 75.7 cm³/mol. The minimum absolute atomic E-state index is 0.0396. The number of benzene rings is 1. The molecule has 2 rings (SSSR count). The van der Waals surface area contributed by atoms with E-state index in [9.17, 15) is 4.79 Å². The first-order chi connectivity index (χ1) is 8.58. The maximum Gasteiger partial charge on any atom is 0.220 e. The normalized spacial score (nSPS) is 17.8. The molecule has 0 aliphatic carbocycles. The number of likely N-dealkylation sites (tertiary alicyclic amines) is 1. The maximum atomic E-state index is 11.1. The monoisotopic (exact) mass is 311 g/mol. The SMILES string of the molecule is NC(=O)C1CCN(Cc2c(N)cccc2Br)CC1. The molecule has 98 valence electrons. The fourth-order valence-electron chi connectivity index (χ4n) is 2.34. The van der Waals surface area contributed by atoms with E-state index < -0.39 is 0 Å². The quantitative estimate of drug-likeness (QED) is 0.835. The number of nitrogen functional groups attached to an aromatic ring is 1. The highest BCUT2D eigenvalue weighted by molar-refractivity contribution is 9.10. The van der Waals surface area contributed by atoms with E-state index in [0.29, 0.717) is 0 Å². The number of nitrogens with two attached hydrogens (primary N) is 2. The number of hydrogen-bond donors (Lipinski definition) is 2. The fraction of sp³-hybridized carbons (Fsp3) is 0.462. The molecule has 1 aromatic rings. The van der Waals surface area contributed by atoms with E-state index in [2.05, 4.69) is 20.8 Å². The molecule has 0 saturated carbocycles. The zero-order valence-corrected chi connectivity index (χ0v) is 11.8. The van der Waals surface area contributed by atoms with Crippen molar-refractivity contribution in [3.05, 3.63) is 28.2 Å². The van der Waals surface area contributed by atoms with Crippen molar-refractivity contribution >= 4 is 27.5 Å². The van der Waals surface area contributed by atoms with Gasteiger partial charge in [-0.05, 0) is 38.1 Å². The van der Waals surface area contributed by atoms with Gasteiger partial charge >= 0.3 is 0 Å². The van der Waals surface area contributed by atoms with E-state index in [1.54, 1.807) is 0 Å². The van der Waals surface area contributed by atoms with Gasteiger partial charge in [-0.25, -0.2) is 0 Å². The number of piperidine rings is 1. The highest BCUT2D eigenvalue weighted by Gasteiger charge is 2.23. The van der Waals surface area contributed by atoms with Crippen LogP contribution >= 0.6 is 15.9 Å². The second kappa shape index (κ2) is 5.71. The summed E-state index contributed by atoms with van der Waals surface area (Å²) in [5.41, 5.74) is 13.2. The number of primary amides is 1. The van der Waals surface area contributed by atoms with Crippen molar-refractivity contribution in [2.75, 3.05) is 18.8 Å². The van der Waals surface area contributed by atoms with Gasteiger partial charge in [0.1, 0.15) is 0 Å². The molecule has 0 radical (unpaired) electrons. The largest absolute Gasteiger partial charge is 0.398 e. The molecule has 0 aromatic heterocycles. The van der Waals surface area contributed by atoms with Gasteiger partial charge in [0.25, 0.3) is 0 Å². The summed E-state index contributed by atoms with van der Waals surface area (Å²) in [5.74, 6) is -0.132. The Morgan fingerprint density at radius 3 is 2.61 bits per heavy atom. The van der Waals surface area contributed by atoms with E-state index >= 15 is 0 Å². The Bertz CT molecular complexity index is 422. The number of halogens is 1. The van der Waals surface area contributed by atoms with Gasteiger partial charge in [0.05, 0.1) is 0 Å². The Kier molecular flexibility index (Phi) is 4.24. The Labute approximate surface area is 115 Å². The molecule has 18 heavy (non-hydrogen) atoms. The predicted octanol–water partition coefficient (Wildman–Crippen LogP) is 1.73. The van der Waals surface area contributed by atoms with Crippen LogP contribution < -0.4 is 11.5 Å². The van der Waals surface area contributed by atoms with Crippen molar-refractivity contribution in [2.45, 2.75) is 19.4 Å². The summed E-state index contributed by atoms with van der Waals surface area (Å²) < 4.78 is 1.04. The van der Waals surface area contributed by atoms with Crippen molar-refractivity contribution in [1.82, 2.24) is 4.90 Å². The summed E-state index contributed by atoms with van der Waals surface area (Å²) >= 11 is 3.53. The van der Waals surface area contributed by atoms with Crippen LogP contribution in [0.2, 0.25) is 0 Å². The number of nitrogens with zero attached hydrogens (tertiary/aromatic N) is 1. The van der Waals surface area contributed by atoms with Crippen LogP contribution in [0.3, 0.4) is 0 Å². The molecule has 5 heteroatoms. The Balaban J connectivity index is 1.98. The van der Waals surface area contributed by atoms with Crippen LogP contribution in [0.4, 0.5) is 5.69 Å². The summed E-state index contributed by atoms with van der Waals surface area (Å²) in [7, 11) is 0. The molecule has 1 heterocycles. The first-order valence-electron chi connectivity index (χ1n) is 6.12. The zero-order valence-electron chi connectivity index (χ0n) is 10.2. The van der Waals surface area contributed by atoms with Gasteiger partial charge < -0.3 is 11.5 Å². The number of anilines is 1. The first-order valence-corrected chi connectivity index (χ1v) is 6.91. The second-order valence-electron chi connectivity index (χ2n) is 4.76. The van der Waals surface area contributed by atoms with Crippen LogP contribution in [0.1, 0.15) is 18.4 Å². The Morgan fingerprint density at radius 1 is 1.39 bits per heavy atom. The van der Waals surface area contributed by atoms with E-state index in [1.165, 1.54) is 0 Å². The van der Waals surface area contributed by atoms with Crippen LogP contribution in [-0.2, 0) is 11.3 Å². The average molecular weight is 312 g/mol. The lowest BCUT2D eigenvalue weighted by Crippen LogP contribution is -2.38. The highest BCUT2D eigenvalue weighted by atomic mass is 79.9. The van der Waals surface area contributed by atoms with Crippen LogP contribution in [0.25, 0.3) is 0 Å². The van der Waals surface area contributed by atoms with Gasteiger partial charge in [0.15, 0.2) is 0 Å². The average Bonchev–Trinajstić information content (AvgIpc) is 2.34. The van der Waals surface area contributed by atoms with Gasteiger partial charge in [-0.15, -0.1) is 0 Å². The highest BCUT2D eigenvalue weighted by Crippen LogP contribution is 2.26. The molecular formula is C13H18BrN3O. The minimum Gasteiger partial charge on any atom is -0.398 e. The van der Waals surface area contributed by atoms with Gasteiger partial charge in [-0.1, -0.05) is 22.0 Å². The van der Waals surface area contributed by atoms with Gasteiger partial charge in [-0.3, -0.25) is 9.69 Å². The van der Waals surface area contributed by atoms with E-state index in [0.717, 1.165) is 48.2 Å². The Hall–Kier alpha value is -1.07. The number of carbonyl (C=O) groups excluding carboxylic acids is 1. The third kappa shape index (κ3) is 3.03. The van der Waals surface area contributed by atoms with Crippen molar-refractivity contribution < 1.29 is 4.79 Å². The second-order valence-corrected chi connectivity index (χ2v) is 5.61. The lowest BCUT2D eigenvalue weighted by Gasteiger charge is -2.31. The number of amides is 1. The molecule has 1 amide bonds. The molecular weight excluding hydrogens is 294 g/mol. The molecule has 1 aromatic carbocycles. The first kappa shape index (κ1) is 13.4. The molecule has 1 saturated heterocycles. The summed E-state index contributed by atoms with van der Waals surface area (Å²) in [6, 6.07) is 5.85. The molecule has 1 aliphatic rings. The van der Waals surface area contributed by atoms with Gasteiger partial charge in [0.2, 0.25) is 5.91 Å². The van der Waals surface area contributed by atoms with Crippen LogP contribution in [0.5, 0.6) is 0 Å². The molecule has 0 atom stereocenters. The molecule has 1 fully saturated rings. The number of carbonyl (C=O) groups is 1. The third-order valence-corrected chi connectivity index (χ3v) is 4.27.